The molecule has 0 radical (unpaired) electrons. The van der Waals surface area contributed by atoms with Crippen molar-refractivity contribution in [3.63, 3.8) is 0 Å². The van der Waals surface area contributed by atoms with Gasteiger partial charge in [0.05, 0.1) is 0 Å². The van der Waals surface area contributed by atoms with E-state index in [2.05, 4.69) is 0 Å². The van der Waals surface area contributed by atoms with Gasteiger partial charge < -0.3 is 20.4 Å². The number of unbranched alkanes of at least 4 members (excludes halogenated alkanes) is 1. The highest BCUT2D eigenvalue weighted by Crippen LogP contribution is 1.98. The Hall–Kier alpha value is -1.22. The van der Waals surface area contributed by atoms with Gasteiger partial charge in [-0.25, -0.2) is 0 Å². The number of carboxylic acids is 2. The lowest BCUT2D eigenvalue weighted by molar-refractivity contribution is -0.139. The number of hydrogen-bond donors (Lipinski definition) is 4. The van der Waals surface area contributed by atoms with Crippen LogP contribution in [0.25, 0.3) is 0 Å². The van der Waals surface area contributed by atoms with Crippen molar-refractivity contribution in [3.8, 4) is 0 Å². The molecule has 158 valence electrons. The fourth-order valence-electron chi connectivity index (χ4n) is 2.06. The van der Waals surface area contributed by atoms with Gasteiger partial charge in [-0.05, 0) is 52.9 Å². The molecule has 0 aliphatic carbocycles. The molecule has 0 saturated heterocycles. The molecule has 8 nitrogen and oxygen atoms in total. The van der Waals surface area contributed by atoms with Gasteiger partial charge in [0, 0.05) is 12.8 Å². The van der Waals surface area contributed by atoms with Crippen molar-refractivity contribution >= 4 is 11.9 Å². The maximum atomic E-state index is 9.90. The quantitative estimate of drug-likeness (QED) is 0.317. The molecule has 0 fully saturated rings. The normalized spacial score (nSPS) is 12.5. The minimum absolute atomic E-state index is 0.0628. The third kappa shape index (κ3) is 22.8. The van der Waals surface area contributed by atoms with Crippen LogP contribution in [-0.2, 0) is 9.59 Å². The fraction of sp³-hybridized carbons (Fsp3) is 0.889. The summed E-state index contributed by atoms with van der Waals surface area (Å²) in [6.45, 7) is 15.4. The first-order valence-electron chi connectivity index (χ1n) is 9.34. The predicted octanol–water partition coefficient (Wildman–Crippen LogP) is 2.05. The molecule has 0 aliphatic heterocycles. The molecule has 2 unspecified atom stereocenters. The lowest BCUT2D eigenvalue weighted by Gasteiger charge is -2.20. The topological polar surface area (TPSA) is 122 Å². The Labute approximate surface area is 158 Å². The van der Waals surface area contributed by atoms with Gasteiger partial charge in [-0.1, -0.05) is 27.7 Å². The van der Waals surface area contributed by atoms with Crippen LogP contribution in [0, 0.1) is 0 Å². The molecule has 0 amide bonds. The highest BCUT2D eigenvalue weighted by atomic mass is 16.4. The van der Waals surface area contributed by atoms with Crippen molar-refractivity contribution in [1.82, 2.24) is 9.80 Å². The van der Waals surface area contributed by atoms with Gasteiger partial charge in [0.15, 0.2) is 0 Å². The van der Waals surface area contributed by atoms with Crippen LogP contribution in [0.3, 0.4) is 0 Å². The van der Waals surface area contributed by atoms with Crippen LogP contribution in [0.5, 0.6) is 0 Å². The number of hydrogen-bond acceptors (Lipinski definition) is 6. The number of carbonyl (C=O) groups is 2. The molecule has 0 spiro atoms. The highest BCUT2D eigenvalue weighted by molar-refractivity contribution is 5.67. The lowest BCUT2D eigenvalue weighted by Crippen LogP contribution is -2.32. The van der Waals surface area contributed by atoms with E-state index in [4.69, 9.17) is 20.4 Å². The van der Waals surface area contributed by atoms with E-state index in [1.54, 1.807) is 13.8 Å². The third-order valence-electron chi connectivity index (χ3n) is 3.71. The fourth-order valence-corrected chi connectivity index (χ4v) is 2.06. The number of aliphatic hydroxyl groups is 2. The molecule has 26 heavy (non-hydrogen) atoms. The summed E-state index contributed by atoms with van der Waals surface area (Å²) in [6, 6.07) is 0. The Morgan fingerprint density at radius 2 is 0.923 bits per heavy atom. The van der Waals surface area contributed by atoms with Gasteiger partial charge in [-0.3, -0.25) is 19.4 Å². The first kappa shape index (κ1) is 29.5. The summed E-state index contributed by atoms with van der Waals surface area (Å²) in [5.74, 6) is -1.74. The second-order valence-corrected chi connectivity index (χ2v) is 5.70. The zero-order valence-corrected chi connectivity index (χ0v) is 17.3. The molecule has 4 N–H and O–H groups in total. The molecule has 0 aliphatic rings. The van der Waals surface area contributed by atoms with Crippen molar-refractivity contribution in [2.75, 3.05) is 26.2 Å². The Bertz CT molecular complexity index is 298. The average molecular weight is 381 g/mol. The van der Waals surface area contributed by atoms with Crippen LogP contribution in [-0.4, -0.2) is 80.8 Å². The molecule has 0 rings (SSSR count). The minimum atomic E-state index is -0.870. The Kier molecular flexibility index (Phi) is 22.8. The van der Waals surface area contributed by atoms with E-state index in [1.165, 1.54) is 0 Å². The van der Waals surface area contributed by atoms with Crippen LogP contribution in [0.4, 0.5) is 0 Å². The maximum Gasteiger partial charge on any atom is 0.303 e. The summed E-state index contributed by atoms with van der Waals surface area (Å²) in [7, 11) is 0. The number of aliphatic carboxylic acids is 2. The van der Waals surface area contributed by atoms with Crippen LogP contribution in [0.1, 0.15) is 67.2 Å². The monoisotopic (exact) mass is 380 g/mol. The Balaban J connectivity index is -0.000000308. The summed E-state index contributed by atoms with van der Waals surface area (Å²) >= 11 is 0. The second-order valence-electron chi connectivity index (χ2n) is 5.70. The van der Waals surface area contributed by atoms with Crippen molar-refractivity contribution < 1.29 is 30.0 Å². The third-order valence-corrected chi connectivity index (χ3v) is 3.71. The largest absolute Gasteiger partial charge is 0.481 e. The molecule has 0 aromatic rings. The number of carboxylic acid groups (broad SMARTS) is 2. The van der Waals surface area contributed by atoms with Crippen LogP contribution < -0.4 is 0 Å². The predicted molar refractivity (Wildman–Crippen MR) is 103 cm³/mol. The number of aliphatic hydroxyl groups excluding tert-OH is 2. The molecule has 0 saturated carbocycles. The summed E-state index contributed by atoms with van der Waals surface area (Å²) in [5, 5.41) is 34.1. The van der Waals surface area contributed by atoms with Crippen molar-refractivity contribution in [2.45, 2.75) is 79.7 Å². The standard InChI is InChI=1S/2C6H15NO.C6H10O4/c2*1-4-7(5-2)6(3)8;7-5(8)3-1-2-4-6(9)10/h2*6,8H,4-5H2,1-3H3;1-4H2,(H,7,8)(H,9,10). The van der Waals surface area contributed by atoms with E-state index in [0.29, 0.717) is 12.8 Å². The van der Waals surface area contributed by atoms with E-state index in [-0.39, 0.29) is 25.3 Å². The molecular weight excluding hydrogens is 340 g/mol. The van der Waals surface area contributed by atoms with Crippen molar-refractivity contribution in [1.29, 1.82) is 0 Å². The van der Waals surface area contributed by atoms with Gasteiger partial charge in [0.2, 0.25) is 0 Å². The Morgan fingerprint density at radius 1 is 0.692 bits per heavy atom. The summed E-state index contributed by atoms with van der Waals surface area (Å²) < 4.78 is 0. The molecule has 8 heteroatoms. The van der Waals surface area contributed by atoms with Crippen molar-refractivity contribution in [2.24, 2.45) is 0 Å². The Morgan fingerprint density at radius 3 is 1.00 bits per heavy atom. The average Bonchev–Trinajstić information content (AvgIpc) is 2.54. The summed E-state index contributed by atoms with van der Waals surface area (Å²) in [6.07, 6.45) is 0.444. The van der Waals surface area contributed by atoms with Gasteiger partial charge in [0.1, 0.15) is 12.5 Å². The van der Waals surface area contributed by atoms with Gasteiger partial charge >= 0.3 is 11.9 Å². The SMILES string of the molecule is CCN(CC)C(C)O.CCN(CC)C(C)O.O=C(O)CCCCC(=O)O. The van der Waals surface area contributed by atoms with Crippen LogP contribution in [0.15, 0.2) is 0 Å². The smallest absolute Gasteiger partial charge is 0.303 e. The molecule has 0 heterocycles. The second kappa shape index (κ2) is 20.1. The zero-order chi connectivity index (χ0) is 21.1. The lowest BCUT2D eigenvalue weighted by atomic mass is 10.2. The van der Waals surface area contributed by atoms with Crippen LogP contribution in [0.2, 0.25) is 0 Å². The van der Waals surface area contributed by atoms with Gasteiger partial charge in [0.25, 0.3) is 0 Å². The summed E-state index contributed by atoms with van der Waals surface area (Å²) in [5.41, 5.74) is 0. The van der Waals surface area contributed by atoms with Gasteiger partial charge in [-0.2, -0.15) is 0 Å². The number of rotatable bonds is 11. The van der Waals surface area contributed by atoms with E-state index in [0.717, 1.165) is 26.2 Å². The minimum Gasteiger partial charge on any atom is -0.481 e. The highest BCUT2D eigenvalue weighted by Gasteiger charge is 2.03. The van der Waals surface area contributed by atoms with Gasteiger partial charge in [-0.15, -0.1) is 0 Å². The van der Waals surface area contributed by atoms with Crippen LogP contribution >= 0.6 is 0 Å². The van der Waals surface area contributed by atoms with E-state index in [1.807, 2.05) is 37.5 Å². The summed E-state index contributed by atoms with van der Waals surface area (Å²) in [4.78, 5) is 23.7. The van der Waals surface area contributed by atoms with E-state index >= 15 is 0 Å². The van der Waals surface area contributed by atoms with Crippen molar-refractivity contribution in [3.05, 3.63) is 0 Å². The molecule has 2 atom stereocenters. The molecule has 0 bridgehead atoms. The van der Waals surface area contributed by atoms with E-state index < -0.39 is 11.9 Å². The number of nitrogens with zero attached hydrogens (tertiary/aromatic N) is 2. The molecule has 0 aromatic carbocycles. The molecular formula is C18H40N2O6. The molecule has 0 aromatic heterocycles. The van der Waals surface area contributed by atoms with E-state index in [9.17, 15) is 9.59 Å². The zero-order valence-electron chi connectivity index (χ0n) is 17.3. The first-order valence-corrected chi connectivity index (χ1v) is 9.34. The maximum absolute atomic E-state index is 9.90. The first-order chi connectivity index (χ1) is 12.1.